The van der Waals surface area contributed by atoms with E-state index < -0.39 is 6.10 Å². The standard InChI is InChI=1S/C77H130O6/c1-4-7-10-13-16-19-22-25-28-30-31-32-33-34-35-36-37-38-39-40-41-42-43-44-45-47-49-52-55-58-61-64-67-70-76(79)82-73-74(72-81-75(78)69-66-63-60-57-54-51-48-27-24-21-18-15-12-9-6-3)83-77(80)71-68-65-62-59-56-53-50-46-29-26-23-20-17-14-11-8-5-2/h7,9-10,12,16,18-19,21,25,27-28,31-32,34-35,37-38,40-41,48,74H,4-6,8,11,13-15,17,20,22-24,26,29-30,33,36,39,42-47,49-73H2,1-3H3/b10-7-,12-9-,19-16-,21-18-,28-25-,32-31-,35-34-,38-37-,41-40-,48-27-. The molecule has 0 amide bonds. The summed E-state index contributed by atoms with van der Waals surface area (Å²) >= 11 is 0. The van der Waals surface area contributed by atoms with Crippen LogP contribution < -0.4 is 0 Å². The van der Waals surface area contributed by atoms with Crippen LogP contribution in [0.3, 0.4) is 0 Å². The minimum Gasteiger partial charge on any atom is -0.462 e. The van der Waals surface area contributed by atoms with E-state index in [0.717, 1.165) is 141 Å². The topological polar surface area (TPSA) is 78.9 Å². The fourth-order valence-corrected chi connectivity index (χ4v) is 9.79. The van der Waals surface area contributed by atoms with E-state index in [0.29, 0.717) is 19.3 Å². The molecule has 1 unspecified atom stereocenters. The van der Waals surface area contributed by atoms with Crippen LogP contribution in [0.5, 0.6) is 0 Å². The van der Waals surface area contributed by atoms with E-state index in [4.69, 9.17) is 14.2 Å². The molecule has 0 radical (unpaired) electrons. The molecule has 0 rings (SSSR count). The lowest BCUT2D eigenvalue weighted by Gasteiger charge is -2.18. The van der Waals surface area contributed by atoms with Gasteiger partial charge in [-0.1, -0.05) is 322 Å². The maximum atomic E-state index is 12.9. The quantitative estimate of drug-likeness (QED) is 0.0261. The minimum absolute atomic E-state index is 0.0836. The second-order valence-corrected chi connectivity index (χ2v) is 23.0. The summed E-state index contributed by atoms with van der Waals surface area (Å²) in [6, 6.07) is 0. The molecule has 0 aromatic rings. The molecule has 6 heteroatoms. The van der Waals surface area contributed by atoms with Gasteiger partial charge in [-0.05, 0) is 109 Å². The van der Waals surface area contributed by atoms with Crippen molar-refractivity contribution in [2.75, 3.05) is 13.2 Å². The summed E-state index contributed by atoms with van der Waals surface area (Å²) in [6.45, 7) is 6.43. The number of esters is 3. The molecule has 0 spiro atoms. The lowest BCUT2D eigenvalue weighted by molar-refractivity contribution is -0.167. The second kappa shape index (κ2) is 70.3. The Bertz CT molecular complexity index is 1700. The number of hydrogen-bond donors (Lipinski definition) is 0. The minimum atomic E-state index is -0.788. The van der Waals surface area contributed by atoms with Gasteiger partial charge in [0.2, 0.25) is 0 Å². The number of hydrogen-bond acceptors (Lipinski definition) is 6. The third-order valence-corrected chi connectivity index (χ3v) is 15.0. The van der Waals surface area contributed by atoms with E-state index in [-0.39, 0.29) is 31.1 Å². The first-order valence-corrected chi connectivity index (χ1v) is 35.0. The van der Waals surface area contributed by atoms with Crippen molar-refractivity contribution in [3.8, 4) is 0 Å². The largest absolute Gasteiger partial charge is 0.462 e. The number of carbonyl (C=O) groups excluding carboxylic acids is 3. The summed E-state index contributed by atoms with van der Waals surface area (Å²) in [5.41, 5.74) is 0. The van der Waals surface area contributed by atoms with Crippen LogP contribution in [0, 0.1) is 0 Å². The Morgan fingerprint density at radius 1 is 0.253 bits per heavy atom. The number of unbranched alkanes of at least 4 members (excludes halogenated alkanes) is 32. The molecule has 0 aromatic heterocycles. The SMILES string of the molecule is CC/C=C\C/C=C\C/C=C\C/C=C\C/C=C\C/C=C\C/C=C\CCCCCCCCCCCCCC(=O)OCC(COC(=O)CCCCCCC/C=C\C/C=C\C/C=C\CC)OC(=O)CCCCCCCCCCCCCCCCCCC. The lowest BCUT2D eigenvalue weighted by atomic mass is 10.0. The Morgan fingerprint density at radius 2 is 0.470 bits per heavy atom. The monoisotopic (exact) mass is 1150 g/mol. The van der Waals surface area contributed by atoms with Gasteiger partial charge in [-0.3, -0.25) is 14.4 Å². The molecule has 83 heavy (non-hydrogen) atoms. The molecule has 0 aliphatic rings. The Kier molecular flexibility index (Phi) is 66.7. The van der Waals surface area contributed by atoms with Crippen LogP contribution in [0.4, 0.5) is 0 Å². The lowest BCUT2D eigenvalue weighted by Crippen LogP contribution is -2.30. The highest BCUT2D eigenvalue weighted by Gasteiger charge is 2.19. The molecule has 1 atom stereocenters. The van der Waals surface area contributed by atoms with E-state index >= 15 is 0 Å². The van der Waals surface area contributed by atoms with Gasteiger partial charge in [0.1, 0.15) is 13.2 Å². The third-order valence-electron chi connectivity index (χ3n) is 15.0. The van der Waals surface area contributed by atoms with E-state index in [1.165, 1.54) is 148 Å². The number of rotatable bonds is 63. The number of ether oxygens (including phenoxy) is 3. The van der Waals surface area contributed by atoms with E-state index in [9.17, 15) is 14.4 Å². The van der Waals surface area contributed by atoms with Gasteiger partial charge in [0.15, 0.2) is 6.10 Å². The van der Waals surface area contributed by atoms with Crippen LogP contribution in [0.25, 0.3) is 0 Å². The van der Waals surface area contributed by atoms with Gasteiger partial charge in [0.05, 0.1) is 0 Å². The maximum absolute atomic E-state index is 12.9. The molecule has 0 N–H and O–H groups in total. The van der Waals surface area contributed by atoms with Crippen molar-refractivity contribution in [1.29, 1.82) is 0 Å². The van der Waals surface area contributed by atoms with Gasteiger partial charge < -0.3 is 14.2 Å². The zero-order valence-corrected chi connectivity index (χ0v) is 54.4. The first-order valence-electron chi connectivity index (χ1n) is 35.0. The fraction of sp³-hybridized carbons (Fsp3) is 0.701. The first-order chi connectivity index (χ1) is 41.0. The van der Waals surface area contributed by atoms with Crippen molar-refractivity contribution >= 4 is 17.9 Å². The zero-order chi connectivity index (χ0) is 59.9. The average molecular weight is 1150 g/mol. The van der Waals surface area contributed by atoms with Gasteiger partial charge in [-0.25, -0.2) is 0 Å². The molecule has 0 aromatic carbocycles. The Hall–Kier alpha value is -4.19. The molecule has 6 nitrogen and oxygen atoms in total. The van der Waals surface area contributed by atoms with Gasteiger partial charge >= 0.3 is 17.9 Å². The van der Waals surface area contributed by atoms with Crippen molar-refractivity contribution in [3.05, 3.63) is 122 Å². The predicted molar refractivity (Wildman–Crippen MR) is 362 cm³/mol. The normalized spacial score (nSPS) is 12.9. The Labute approximate surface area is 513 Å². The third kappa shape index (κ3) is 68.5. The highest BCUT2D eigenvalue weighted by atomic mass is 16.6. The summed E-state index contributed by atoms with van der Waals surface area (Å²) in [4.78, 5) is 38.4. The predicted octanol–water partition coefficient (Wildman–Crippen LogP) is 24.3. The molecule has 0 saturated heterocycles. The van der Waals surface area contributed by atoms with Crippen molar-refractivity contribution < 1.29 is 28.6 Å². The van der Waals surface area contributed by atoms with Crippen molar-refractivity contribution in [1.82, 2.24) is 0 Å². The summed E-state index contributed by atoms with van der Waals surface area (Å²) in [5.74, 6) is -0.890. The fourth-order valence-electron chi connectivity index (χ4n) is 9.79. The van der Waals surface area contributed by atoms with E-state index in [1.807, 2.05) is 0 Å². The number of carbonyl (C=O) groups is 3. The van der Waals surface area contributed by atoms with Gasteiger partial charge in [-0.2, -0.15) is 0 Å². The van der Waals surface area contributed by atoms with Gasteiger partial charge in [0, 0.05) is 19.3 Å². The van der Waals surface area contributed by atoms with E-state index in [2.05, 4.69) is 142 Å². The van der Waals surface area contributed by atoms with Crippen LogP contribution in [-0.2, 0) is 28.6 Å². The average Bonchev–Trinajstić information content (AvgIpc) is 3.49. The van der Waals surface area contributed by atoms with Crippen molar-refractivity contribution in [3.63, 3.8) is 0 Å². The van der Waals surface area contributed by atoms with Crippen LogP contribution in [0.2, 0.25) is 0 Å². The summed E-state index contributed by atoms with van der Waals surface area (Å²) in [5, 5.41) is 0. The molecule has 0 fully saturated rings. The zero-order valence-electron chi connectivity index (χ0n) is 54.4. The Morgan fingerprint density at radius 3 is 0.735 bits per heavy atom. The summed E-state index contributed by atoms with van der Waals surface area (Å²) < 4.78 is 17.0. The van der Waals surface area contributed by atoms with Crippen LogP contribution in [0.15, 0.2) is 122 Å². The summed E-state index contributed by atoms with van der Waals surface area (Å²) in [6.07, 6.45) is 97.9. The van der Waals surface area contributed by atoms with E-state index in [1.54, 1.807) is 0 Å². The molecular weight excluding hydrogens is 1020 g/mol. The highest BCUT2D eigenvalue weighted by molar-refractivity contribution is 5.71. The summed E-state index contributed by atoms with van der Waals surface area (Å²) in [7, 11) is 0. The maximum Gasteiger partial charge on any atom is 0.306 e. The number of allylic oxidation sites excluding steroid dienone is 20. The molecule has 0 aliphatic carbocycles. The molecule has 474 valence electrons. The van der Waals surface area contributed by atoms with Crippen LogP contribution in [-0.4, -0.2) is 37.2 Å². The molecular formula is C77H130O6. The first kappa shape index (κ1) is 78.8. The van der Waals surface area contributed by atoms with Crippen molar-refractivity contribution in [2.24, 2.45) is 0 Å². The Balaban J connectivity index is 4.27. The highest BCUT2D eigenvalue weighted by Crippen LogP contribution is 2.17. The molecule has 0 saturated carbocycles. The molecule has 0 bridgehead atoms. The van der Waals surface area contributed by atoms with Crippen LogP contribution >= 0.6 is 0 Å². The molecule has 0 heterocycles. The van der Waals surface area contributed by atoms with Crippen LogP contribution in [0.1, 0.15) is 329 Å². The van der Waals surface area contributed by atoms with Crippen molar-refractivity contribution in [2.45, 2.75) is 335 Å². The second-order valence-electron chi connectivity index (χ2n) is 23.0. The smallest absolute Gasteiger partial charge is 0.306 e. The van der Waals surface area contributed by atoms with Gasteiger partial charge in [0.25, 0.3) is 0 Å². The molecule has 0 aliphatic heterocycles. The van der Waals surface area contributed by atoms with Gasteiger partial charge in [-0.15, -0.1) is 0 Å².